The molecule has 0 aliphatic carbocycles. The molecular weight excluding hydrogens is 314 g/mol. The van der Waals surface area contributed by atoms with Crippen LogP contribution in [-0.4, -0.2) is 27.6 Å². The predicted molar refractivity (Wildman–Crippen MR) is 94.6 cm³/mol. The van der Waals surface area contributed by atoms with E-state index in [4.69, 9.17) is 5.73 Å². The van der Waals surface area contributed by atoms with Crippen molar-refractivity contribution in [1.82, 2.24) is 15.2 Å². The summed E-state index contributed by atoms with van der Waals surface area (Å²) in [5, 5.41) is 9.86. The van der Waals surface area contributed by atoms with Crippen molar-refractivity contribution < 1.29 is 4.79 Å². The van der Waals surface area contributed by atoms with Crippen LogP contribution in [0.25, 0.3) is 11.4 Å². The Hall–Kier alpha value is -1.92. The lowest BCUT2D eigenvalue weighted by Gasteiger charge is -2.06. The number of halogens is 1. The van der Waals surface area contributed by atoms with E-state index in [0.717, 1.165) is 49.3 Å². The lowest BCUT2D eigenvalue weighted by Crippen LogP contribution is -2.11. The molecule has 1 aromatic heterocycles. The molecule has 0 aliphatic heterocycles. The number of carbonyl (C=O) groups excluding carboxylic acids is 1. The first-order chi connectivity index (χ1) is 10.7. The van der Waals surface area contributed by atoms with Crippen LogP contribution in [0.3, 0.4) is 0 Å². The predicted octanol–water partition coefficient (Wildman–Crippen LogP) is 3.05. The molecule has 23 heavy (non-hydrogen) atoms. The number of hydrogen-bond acceptors (Lipinski definition) is 4. The molecule has 1 heterocycles. The first-order valence-corrected chi connectivity index (χ1v) is 7.68. The van der Waals surface area contributed by atoms with Crippen LogP contribution in [0, 0.1) is 6.92 Å². The monoisotopic (exact) mass is 337 g/mol. The first kappa shape index (κ1) is 19.1. The summed E-state index contributed by atoms with van der Waals surface area (Å²) in [5.74, 6) is 1.44. The number of nitrogens with one attached hydrogen (secondary N) is 2. The van der Waals surface area contributed by atoms with Gasteiger partial charge in [0.25, 0.3) is 0 Å². The SMILES string of the molecule is Cc1nc(-c2cccc(NC(=O)CCCCCCN)c2)n[nH]1.Cl. The van der Waals surface area contributed by atoms with E-state index in [2.05, 4.69) is 20.5 Å². The topological polar surface area (TPSA) is 96.7 Å². The number of amides is 1. The molecule has 6 nitrogen and oxygen atoms in total. The van der Waals surface area contributed by atoms with Crippen molar-refractivity contribution in [2.24, 2.45) is 5.73 Å². The van der Waals surface area contributed by atoms with E-state index < -0.39 is 0 Å². The van der Waals surface area contributed by atoms with E-state index in [1.807, 2.05) is 31.2 Å². The van der Waals surface area contributed by atoms with Gasteiger partial charge in [0.2, 0.25) is 5.91 Å². The van der Waals surface area contributed by atoms with Crippen molar-refractivity contribution in [2.75, 3.05) is 11.9 Å². The molecule has 0 bridgehead atoms. The second-order valence-electron chi connectivity index (χ2n) is 5.33. The van der Waals surface area contributed by atoms with Crippen LogP contribution < -0.4 is 11.1 Å². The summed E-state index contributed by atoms with van der Waals surface area (Å²) in [5.41, 5.74) is 7.09. The second kappa shape index (κ2) is 9.97. The zero-order valence-electron chi connectivity index (χ0n) is 13.3. The van der Waals surface area contributed by atoms with Crippen molar-refractivity contribution in [2.45, 2.75) is 39.0 Å². The highest BCUT2D eigenvalue weighted by Gasteiger charge is 2.06. The molecule has 1 amide bonds. The van der Waals surface area contributed by atoms with Crippen LogP contribution in [0.5, 0.6) is 0 Å². The number of benzene rings is 1. The summed E-state index contributed by atoms with van der Waals surface area (Å²) in [6.45, 7) is 2.58. The molecule has 0 radical (unpaired) electrons. The molecule has 126 valence electrons. The largest absolute Gasteiger partial charge is 0.330 e. The fraction of sp³-hybridized carbons (Fsp3) is 0.438. The summed E-state index contributed by atoms with van der Waals surface area (Å²) in [6, 6.07) is 7.56. The Morgan fingerprint density at radius 2 is 2.04 bits per heavy atom. The Morgan fingerprint density at radius 1 is 1.26 bits per heavy atom. The van der Waals surface area contributed by atoms with E-state index in [1.165, 1.54) is 0 Å². The van der Waals surface area contributed by atoms with Gasteiger partial charge in [0.05, 0.1) is 0 Å². The number of rotatable bonds is 8. The minimum atomic E-state index is 0. The summed E-state index contributed by atoms with van der Waals surface area (Å²) < 4.78 is 0. The number of hydrogen-bond donors (Lipinski definition) is 3. The molecule has 1 aromatic carbocycles. The number of nitrogens with zero attached hydrogens (tertiary/aromatic N) is 2. The summed E-state index contributed by atoms with van der Waals surface area (Å²) in [6.07, 6.45) is 4.59. The standard InChI is InChI=1S/C16H23N5O.ClH/c1-12-18-16(21-20-12)13-7-6-8-14(11-13)19-15(22)9-4-2-3-5-10-17;/h6-8,11H,2-5,9-10,17H2,1H3,(H,19,22)(H,18,20,21);1H. The van der Waals surface area contributed by atoms with Gasteiger partial charge in [0.1, 0.15) is 5.82 Å². The lowest BCUT2D eigenvalue weighted by atomic mass is 10.1. The third-order valence-electron chi connectivity index (χ3n) is 3.36. The lowest BCUT2D eigenvalue weighted by molar-refractivity contribution is -0.116. The molecule has 0 unspecified atom stereocenters. The molecule has 0 atom stereocenters. The molecule has 2 aromatic rings. The Balaban J connectivity index is 0.00000264. The molecular formula is C16H24ClN5O. The molecule has 0 aliphatic rings. The van der Waals surface area contributed by atoms with Gasteiger partial charge in [-0.05, 0) is 38.4 Å². The number of aromatic amines is 1. The van der Waals surface area contributed by atoms with Crippen LogP contribution >= 0.6 is 12.4 Å². The highest BCUT2D eigenvalue weighted by atomic mass is 35.5. The van der Waals surface area contributed by atoms with E-state index in [9.17, 15) is 4.79 Å². The average Bonchev–Trinajstić information content (AvgIpc) is 2.94. The van der Waals surface area contributed by atoms with Crippen molar-refractivity contribution in [1.29, 1.82) is 0 Å². The molecule has 2 rings (SSSR count). The number of carbonyl (C=O) groups is 1. The van der Waals surface area contributed by atoms with Gasteiger partial charge < -0.3 is 11.1 Å². The summed E-state index contributed by atoms with van der Waals surface area (Å²) >= 11 is 0. The number of aryl methyl sites for hydroxylation is 1. The van der Waals surface area contributed by atoms with Gasteiger partial charge in [-0.2, -0.15) is 5.10 Å². The average molecular weight is 338 g/mol. The zero-order chi connectivity index (χ0) is 15.8. The van der Waals surface area contributed by atoms with Gasteiger partial charge in [-0.1, -0.05) is 25.0 Å². The Bertz CT molecular complexity index is 614. The zero-order valence-corrected chi connectivity index (χ0v) is 14.2. The molecule has 0 fully saturated rings. The van der Waals surface area contributed by atoms with Crippen LogP contribution in [0.4, 0.5) is 5.69 Å². The van der Waals surface area contributed by atoms with Gasteiger partial charge in [-0.25, -0.2) is 4.98 Å². The Labute approximate surface area is 142 Å². The van der Waals surface area contributed by atoms with Crippen LogP contribution in [0.2, 0.25) is 0 Å². The second-order valence-corrected chi connectivity index (χ2v) is 5.33. The molecule has 7 heteroatoms. The van der Waals surface area contributed by atoms with Crippen LogP contribution in [0.1, 0.15) is 37.9 Å². The number of unbranched alkanes of at least 4 members (excludes halogenated alkanes) is 3. The number of H-pyrrole nitrogens is 1. The summed E-state index contributed by atoms with van der Waals surface area (Å²) in [4.78, 5) is 16.2. The van der Waals surface area contributed by atoms with Gasteiger partial charge >= 0.3 is 0 Å². The van der Waals surface area contributed by atoms with E-state index in [1.54, 1.807) is 0 Å². The van der Waals surface area contributed by atoms with Gasteiger partial charge in [-0.15, -0.1) is 12.4 Å². The first-order valence-electron chi connectivity index (χ1n) is 7.68. The molecule has 4 N–H and O–H groups in total. The highest BCUT2D eigenvalue weighted by Crippen LogP contribution is 2.19. The summed E-state index contributed by atoms with van der Waals surface area (Å²) in [7, 11) is 0. The number of nitrogens with two attached hydrogens (primary N) is 1. The fourth-order valence-electron chi connectivity index (χ4n) is 2.21. The smallest absolute Gasteiger partial charge is 0.224 e. The van der Waals surface area contributed by atoms with Gasteiger partial charge in [0, 0.05) is 17.7 Å². The van der Waals surface area contributed by atoms with Crippen molar-refractivity contribution >= 4 is 24.0 Å². The highest BCUT2D eigenvalue weighted by molar-refractivity contribution is 5.91. The minimum Gasteiger partial charge on any atom is -0.330 e. The maximum absolute atomic E-state index is 11.9. The van der Waals surface area contributed by atoms with Gasteiger partial charge in [0.15, 0.2) is 5.82 Å². The van der Waals surface area contributed by atoms with Crippen LogP contribution in [-0.2, 0) is 4.79 Å². The molecule has 0 saturated carbocycles. The van der Waals surface area contributed by atoms with E-state index in [-0.39, 0.29) is 18.3 Å². The van der Waals surface area contributed by atoms with E-state index >= 15 is 0 Å². The van der Waals surface area contributed by atoms with Crippen molar-refractivity contribution in [3.8, 4) is 11.4 Å². The number of anilines is 1. The maximum Gasteiger partial charge on any atom is 0.224 e. The van der Waals surface area contributed by atoms with Crippen LogP contribution in [0.15, 0.2) is 24.3 Å². The van der Waals surface area contributed by atoms with Crippen molar-refractivity contribution in [3.05, 3.63) is 30.1 Å². The normalized spacial score (nSPS) is 10.2. The number of aromatic nitrogens is 3. The Kier molecular flexibility index (Phi) is 8.29. The Morgan fingerprint density at radius 3 is 2.74 bits per heavy atom. The quantitative estimate of drug-likeness (QED) is 0.645. The third kappa shape index (κ3) is 6.38. The molecule has 0 saturated heterocycles. The third-order valence-corrected chi connectivity index (χ3v) is 3.36. The fourth-order valence-corrected chi connectivity index (χ4v) is 2.21. The minimum absolute atomic E-state index is 0. The molecule has 0 spiro atoms. The van der Waals surface area contributed by atoms with Gasteiger partial charge in [-0.3, -0.25) is 9.89 Å². The maximum atomic E-state index is 11.9. The van der Waals surface area contributed by atoms with E-state index in [0.29, 0.717) is 12.2 Å². The van der Waals surface area contributed by atoms with Crippen molar-refractivity contribution in [3.63, 3.8) is 0 Å².